The molecule has 3 aromatic rings. The molecule has 0 radical (unpaired) electrons. The summed E-state index contributed by atoms with van der Waals surface area (Å²) in [6.45, 7) is 2.73. The van der Waals surface area contributed by atoms with E-state index in [2.05, 4.69) is 45.6 Å². The number of hydrogen-bond donors (Lipinski definition) is 2. The van der Waals surface area contributed by atoms with Crippen LogP contribution in [0.2, 0.25) is 0 Å². The lowest BCUT2D eigenvalue weighted by molar-refractivity contribution is -0.118. The number of benzene rings is 3. The molecular formula is C22H21BrN2O2. The molecule has 0 unspecified atom stereocenters. The molecule has 1 amide bonds. The highest BCUT2D eigenvalue weighted by Crippen LogP contribution is 2.26. The van der Waals surface area contributed by atoms with Crippen molar-refractivity contribution in [1.29, 1.82) is 0 Å². The Labute approximate surface area is 167 Å². The molecule has 3 rings (SSSR count). The summed E-state index contributed by atoms with van der Waals surface area (Å²) in [5.74, 6) is 0.441. The van der Waals surface area contributed by atoms with Crippen LogP contribution < -0.4 is 15.4 Å². The van der Waals surface area contributed by atoms with Crippen molar-refractivity contribution >= 4 is 33.2 Å². The number of ether oxygens (including phenoxy) is 1. The second-order valence-electron chi connectivity index (χ2n) is 6.19. The highest BCUT2D eigenvalue weighted by molar-refractivity contribution is 9.10. The Morgan fingerprint density at radius 2 is 1.74 bits per heavy atom. The summed E-state index contributed by atoms with van der Waals surface area (Å²) in [5.41, 5.74) is 4.18. The fourth-order valence-electron chi connectivity index (χ4n) is 2.59. The molecule has 4 nitrogen and oxygen atoms in total. The van der Waals surface area contributed by atoms with E-state index < -0.39 is 0 Å². The maximum Gasteiger partial charge on any atom is 0.262 e. The first kappa shape index (κ1) is 19.0. The molecule has 0 heterocycles. The van der Waals surface area contributed by atoms with Gasteiger partial charge in [0.25, 0.3) is 5.91 Å². The third-order valence-electron chi connectivity index (χ3n) is 3.93. The first-order valence-corrected chi connectivity index (χ1v) is 9.46. The highest BCUT2D eigenvalue weighted by atomic mass is 79.9. The molecule has 0 fully saturated rings. The lowest BCUT2D eigenvalue weighted by Crippen LogP contribution is -2.20. The average molecular weight is 425 g/mol. The zero-order valence-corrected chi connectivity index (χ0v) is 16.6. The third kappa shape index (κ3) is 5.86. The number of hydrogen-bond acceptors (Lipinski definition) is 3. The zero-order chi connectivity index (χ0) is 19.1. The van der Waals surface area contributed by atoms with Crippen LogP contribution in [-0.4, -0.2) is 12.5 Å². The Hall–Kier alpha value is -2.79. The Morgan fingerprint density at radius 3 is 2.48 bits per heavy atom. The summed E-state index contributed by atoms with van der Waals surface area (Å²) in [4.78, 5) is 12.0. The number of nitrogens with one attached hydrogen (secondary N) is 2. The van der Waals surface area contributed by atoms with Gasteiger partial charge >= 0.3 is 0 Å². The van der Waals surface area contributed by atoms with E-state index in [4.69, 9.17) is 4.74 Å². The van der Waals surface area contributed by atoms with E-state index in [1.54, 1.807) is 0 Å². The molecule has 0 spiro atoms. The summed E-state index contributed by atoms with van der Waals surface area (Å²) < 4.78 is 6.44. The smallest absolute Gasteiger partial charge is 0.262 e. The molecule has 0 saturated carbocycles. The largest absolute Gasteiger partial charge is 0.483 e. The Morgan fingerprint density at radius 1 is 0.963 bits per heavy atom. The number of para-hydroxylation sites is 1. The summed E-state index contributed by atoms with van der Waals surface area (Å²) in [5, 5.41) is 6.20. The van der Waals surface area contributed by atoms with Gasteiger partial charge in [-0.25, -0.2) is 0 Å². The molecule has 138 valence electrons. The van der Waals surface area contributed by atoms with E-state index in [-0.39, 0.29) is 12.5 Å². The molecule has 0 saturated heterocycles. The third-order valence-corrected chi connectivity index (χ3v) is 4.55. The molecule has 3 aromatic carbocycles. The van der Waals surface area contributed by atoms with Crippen LogP contribution in [0.4, 0.5) is 11.4 Å². The first-order chi connectivity index (χ1) is 13.1. The molecule has 5 heteroatoms. The Bertz CT molecular complexity index is 913. The monoisotopic (exact) mass is 424 g/mol. The van der Waals surface area contributed by atoms with Crippen molar-refractivity contribution in [2.24, 2.45) is 0 Å². The fourth-order valence-corrected chi connectivity index (χ4v) is 3.13. The fraction of sp³-hybridized carbons (Fsp3) is 0.136. The lowest BCUT2D eigenvalue weighted by atomic mass is 10.2. The van der Waals surface area contributed by atoms with Crippen LogP contribution in [0.1, 0.15) is 11.1 Å². The van der Waals surface area contributed by atoms with Gasteiger partial charge < -0.3 is 15.4 Å². The normalized spacial score (nSPS) is 10.3. The van der Waals surface area contributed by atoms with E-state index in [0.29, 0.717) is 12.3 Å². The number of anilines is 2. The van der Waals surface area contributed by atoms with Gasteiger partial charge in [-0.15, -0.1) is 0 Å². The number of carbonyl (C=O) groups excluding carboxylic acids is 1. The predicted octanol–water partition coefficient (Wildman–Crippen LogP) is 5.39. The van der Waals surface area contributed by atoms with Gasteiger partial charge in [0.15, 0.2) is 6.61 Å². The standard InChI is InChI=1S/C22H21BrN2O2/c1-16-6-5-9-19(12-16)24-14-17-10-11-21(20(23)13-17)27-15-22(26)25-18-7-3-2-4-8-18/h2-13,24H,14-15H2,1H3,(H,25,26). The molecule has 2 N–H and O–H groups in total. The minimum atomic E-state index is -0.196. The summed E-state index contributed by atoms with van der Waals surface area (Å²) in [6.07, 6.45) is 0. The number of carbonyl (C=O) groups is 1. The van der Waals surface area contributed by atoms with Crippen molar-refractivity contribution in [1.82, 2.24) is 0 Å². The zero-order valence-electron chi connectivity index (χ0n) is 15.0. The second-order valence-corrected chi connectivity index (χ2v) is 7.05. The summed E-state index contributed by atoms with van der Waals surface area (Å²) in [6, 6.07) is 23.4. The highest BCUT2D eigenvalue weighted by Gasteiger charge is 2.07. The van der Waals surface area contributed by atoms with E-state index in [0.717, 1.165) is 21.4 Å². The van der Waals surface area contributed by atoms with E-state index in [1.165, 1.54) is 5.56 Å². The maximum absolute atomic E-state index is 12.0. The quantitative estimate of drug-likeness (QED) is 0.534. The lowest BCUT2D eigenvalue weighted by Gasteiger charge is -2.11. The van der Waals surface area contributed by atoms with Crippen LogP contribution in [0.25, 0.3) is 0 Å². The van der Waals surface area contributed by atoms with E-state index in [9.17, 15) is 4.79 Å². The van der Waals surface area contributed by atoms with Crippen molar-refractivity contribution in [2.45, 2.75) is 13.5 Å². The molecule has 0 aliphatic carbocycles. The van der Waals surface area contributed by atoms with E-state index >= 15 is 0 Å². The van der Waals surface area contributed by atoms with Crippen molar-refractivity contribution in [2.75, 3.05) is 17.2 Å². The van der Waals surface area contributed by atoms with Gasteiger partial charge in [0, 0.05) is 17.9 Å². The minimum absolute atomic E-state index is 0.0472. The predicted molar refractivity (Wildman–Crippen MR) is 113 cm³/mol. The van der Waals surface area contributed by atoms with Gasteiger partial charge in [-0.1, -0.05) is 36.4 Å². The molecule has 0 aliphatic rings. The number of amides is 1. The topological polar surface area (TPSA) is 50.4 Å². The number of aryl methyl sites for hydroxylation is 1. The number of rotatable bonds is 7. The molecule has 27 heavy (non-hydrogen) atoms. The van der Waals surface area contributed by atoms with Gasteiger partial charge in [-0.05, 0) is 70.4 Å². The Kier molecular flexibility index (Phi) is 6.49. The SMILES string of the molecule is Cc1cccc(NCc2ccc(OCC(=O)Nc3ccccc3)c(Br)c2)c1. The molecule has 0 aliphatic heterocycles. The first-order valence-electron chi connectivity index (χ1n) is 8.67. The van der Waals surface area contributed by atoms with Crippen LogP contribution in [0, 0.1) is 6.92 Å². The van der Waals surface area contributed by atoms with Gasteiger partial charge in [-0.3, -0.25) is 4.79 Å². The van der Waals surface area contributed by atoms with Crippen molar-refractivity contribution < 1.29 is 9.53 Å². The Balaban J connectivity index is 1.52. The van der Waals surface area contributed by atoms with Crippen LogP contribution in [0.15, 0.2) is 77.3 Å². The van der Waals surface area contributed by atoms with Crippen molar-refractivity contribution in [3.05, 3.63) is 88.4 Å². The second kappa shape index (κ2) is 9.24. The van der Waals surface area contributed by atoms with Gasteiger partial charge in [0.2, 0.25) is 0 Å². The van der Waals surface area contributed by atoms with Crippen LogP contribution in [0.5, 0.6) is 5.75 Å². The number of halogens is 1. The molecule has 0 aromatic heterocycles. The summed E-state index contributed by atoms with van der Waals surface area (Å²) >= 11 is 3.52. The molecule has 0 bridgehead atoms. The van der Waals surface area contributed by atoms with Gasteiger partial charge in [0.05, 0.1) is 4.47 Å². The molecular weight excluding hydrogens is 404 g/mol. The van der Waals surface area contributed by atoms with Crippen LogP contribution in [0.3, 0.4) is 0 Å². The van der Waals surface area contributed by atoms with Gasteiger partial charge in [-0.2, -0.15) is 0 Å². The van der Waals surface area contributed by atoms with Crippen molar-refractivity contribution in [3.63, 3.8) is 0 Å². The van der Waals surface area contributed by atoms with E-state index in [1.807, 2.05) is 60.7 Å². The maximum atomic E-state index is 12.0. The van der Waals surface area contributed by atoms with Gasteiger partial charge in [0.1, 0.15) is 5.75 Å². The van der Waals surface area contributed by atoms with Crippen LogP contribution in [-0.2, 0) is 11.3 Å². The van der Waals surface area contributed by atoms with Crippen LogP contribution >= 0.6 is 15.9 Å². The van der Waals surface area contributed by atoms with Crippen molar-refractivity contribution in [3.8, 4) is 5.75 Å². The average Bonchev–Trinajstić information content (AvgIpc) is 2.66. The minimum Gasteiger partial charge on any atom is -0.483 e. The molecule has 0 atom stereocenters. The summed E-state index contributed by atoms with van der Waals surface area (Å²) in [7, 11) is 0.